The molecule has 1 aromatic heterocycles. The van der Waals surface area contributed by atoms with Crippen molar-refractivity contribution in [1.29, 1.82) is 0 Å². The van der Waals surface area contributed by atoms with Gasteiger partial charge in [0, 0.05) is 18.7 Å². The maximum Gasteiger partial charge on any atom is 0.243 e. The van der Waals surface area contributed by atoms with E-state index in [2.05, 4.69) is 16.9 Å². The van der Waals surface area contributed by atoms with Gasteiger partial charge in [-0.05, 0) is 37.0 Å². The summed E-state index contributed by atoms with van der Waals surface area (Å²) in [6.07, 6.45) is 2.01. The van der Waals surface area contributed by atoms with E-state index in [9.17, 15) is 8.42 Å². The van der Waals surface area contributed by atoms with Crippen LogP contribution in [0.5, 0.6) is 0 Å². The van der Waals surface area contributed by atoms with E-state index in [4.69, 9.17) is 0 Å². The van der Waals surface area contributed by atoms with E-state index in [0.29, 0.717) is 23.9 Å². The first-order valence-corrected chi connectivity index (χ1v) is 10.0. The minimum atomic E-state index is -3.46. The Morgan fingerprint density at radius 2 is 1.96 bits per heavy atom. The molecule has 1 unspecified atom stereocenters. The number of aromatic amines is 1. The molecule has 3 aromatic rings. The Hall–Kier alpha value is -2.18. The second-order valence-corrected chi connectivity index (χ2v) is 8.68. The zero-order chi connectivity index (χ0) is 17.4. The lowest BCUT2D eigenvalue weighted by Crippen LogP contribution is -2.39. The fourth-order valence-corrected chi connectivity index (χ4v) is 5.02. The van der Waals surface area contributed by atoms with E-state index in [0.717, 1.165) is 35.3 Å². The normalized spacial score (nSPS) is 19.3. The third-order valence-electron chi connectivity index (χ3n) is 4.76. The van der Waals surface area contributed by atoms with Crippen LogP contribution in [-0.2, 0) is 10.0 Å². The van der Waals surface area contributed by atoms with E-state index in [1.54, 1.807) is 22.5 Å². The first-order valence-electron chi connectivity index (χ1n) is 8.59. The van der Waals surface area contributed by atoms with Crippen LogP contribution in [0.1, 0.15) is 19.8 Å². The molecular weight excluding hydrogens is 334 g/mol. The number of H-pyrrole nitrogens is 1. The van der Waals surface area contributed by atoms with Crippen LogP contribution in [0.15, 0.2) is 53.4 Å². The molecule has 0 radical (unpaired) electrons. The smallest absolute Gasteiger partial charge is 0.243 e. The summed E-state index contributed by atoms with van der Waals surface area (Å²) >= 11 is 0. The third-order valence-corrected chi connectivity index (χ3v) is 6.62. The number of sulfonamides is 1. The molecule has 0 aliphatic carbocycles. The Bertz CT molecular complexity index is 996. The molecule has 1 fully saturated rings. The molecule has 1 aliphatic heterocycles. The standard InChI is InChI=1S/C19H21N3O2S/c1-14-6-5-11-22(13-14)25(23,24)16-9-10-17-18(12-16)21-19(20-17)15-7-3-2-4-8-15/h2-4,7-10,12,14H,5-6,11,13H2,1H3,(H,20,21). The van der Waals surface area contributed by atoms with Crippen molar-refractivity contribution in [2.24, 2.45) is 5.92 Å². The summed E-state index contributed by atoms with van der Waals surface area (Å²) in [4.78, 5) is 8.14. The Kier molecular flexibility index (Phi) is 4.09. The number of nitrogens with zero attached hydrogens (tertiary/aromatic N) is 2. The van der Waals surface area contributed by atoms with Crippen molar-refractivity contribution in [1.82, 2.24) is 14.3 Å². The molecule has 130 valence electrons. The van der Waals surface area contributed by atoms with Crippen LogP contribution in [0.4, 0.5) is 0 Å². The maximum atomic E-state index is 12.9. The van der Waals surface area contributed by atoms with Crippen molar-refractivity contribution >= 4 is 21.1 Å². The van der Waals surface area contributed by atoms with Gasteiger partial charge in [-0.15, -0.1) is 0 Å². The molecule has 1 saturated heterocycles. The van der Waals surface area contributed by atoms with Gasteiger partial charge >= 0.3 is 0 Å². The SMILES string of the molecule is CC1CCCN(S(=O)(=O)c2ccc3nc(-c4ccccc4)[nH]c3c2)C1. The van der Waals surface area contributed by atoms with Gasteiger partial charge in [0.05, 0.1) is 15.9 Å². The molecule has 6 heteroatoms. The van der Waals surface area contributed by atoms with Crippen LogP contribution in [0.3, 0.4) is 0 Å². The monoisotopic (exact) mass is 355 g/mol. The molecular formula is C19H21N3O2S. The number of imidazole rings is 1. The Labute approximate surface area is 147 Å². The lowest BCUT2D eigenvalue weighted by Gasteiger charge is -2.30. The van der Waals surface area contributed by atoms with E-state index < -0.39 is 10.0 Å². The van der Waals surface area contributed by atoms with Gasteiger partial charge in [0.1, 0.15) is 5.82 Å². The van der Waals surface area contributed by atoms with E-state index in [1.807, 2.05) is 30.3 Å². The minimum absolute atomic E-state index is 0.331. The number of fused-ring (bicyclic) bond motifs is 1. The number of piperidine rings is 1. The lowest BCUT2D eigenvalue weighted by atomic mass is 10.0. The van der Waals surface area contributed by atoms with E-state index in [1.165, 1.54) is 0 Å². The van der Waals surface area contributed by atoms with E-state index in [-0.39, 0.29) is 0 Å². The van der Waals surface area contributed by atoms with Crippen LogP contribution in [0.25, 0.3) is 22.4 Å². The third kappa shape index (κ3) is 3.07. The second-order valence-electron chi connectivity index (χ2n) is 6.74. The largest absolute Gasteiger partial charge is 0.338 e. The summed E-state index contributed by atoms with van der Waals surface area (Å²) in [6.45, 7) is 3.30. The molecule has 2 heterocycles. The summed E-state index contributed by atoms with van der Waals surface area (Å²) in [5.41, 5.74) is 2.49. The Balaban J connectivity index is 1.71. The Morgan fingerprint density at radius 3 is 2.72 bits per heavy atom. The molecule has 2 aromatic carbocycles. The molecule has 4 rings (SSSR count). The van der Waals surface area contributed by atoms with Gasteiger partial charge in [-0.1, -0.05) is 37.3 Å². The van der Waals surface area contributed by atoms with Crippen molar-refractivity contribution in [3.05, 3.63) is 48.5 Å². The number of rotatable bonds is 3. The molecule has 1 N–H and O–H groups in total. The van der Waals surface area contributed by atoms with Gasteiger partial charge in [0.2, 0.25) is 10.0 Å². The highest BCUT2D eigenvalue weighted by Crippen LogP contribution is 2.27. The zero-order valence-corrected chi connectivity index (χ0v) is 15.0. The van der Waals surface area contributed by atoms with Crippen LogP contribution >= 0.6 is 0 Å². The fraction of sp³-hybridized carbons (Fsp3) is 0.316. The molecule has 0 saturated carbocycles. The van der Waals surface area contributed by atoms with E-state index >= 15 is 0 Å². The number of nitrogens with one attached hydrogen (secondary N) is 1. The summed E-state index contributed by atoms with van der Waals surface area (Å²) < 4.78 is 27.5. The summed E-state index contributed by atoms with van der Waals surface area (Å²) in [7, 11) is -3.46. The predicted octanol–water partition coefficient (Wildman–Crippen LogP) is 3.65. The highest BCUT2D eigenvalue weighted by molar-refractivity contribution is 7.89. The molecule has 1 atom stereocenters. The first-order chi connectivity index (χ1) is 12.0. The molecule has 0 amide bonds. The van der Waals surface area contributed by atoms with Crippen molar-refractivity contribution in [2.45, 2.75) is 24.7 Å². The van der Waals surface area contributed by atoms with Gasteiger partial charge in [0.15, 0.2) is 0 Å². The quantitative estimate of drug-likeness (QED) is 0.780. The first kappa shape index (κ1) is 16.3. The van der Waals surface area contributed by atoms with Gasteiger partial charge in [-0.25, -0.2) is 13.4 Å². The molecule has 0 spiro atoms. The second kappa shape index (κ2) is 6.28. The summed E-state index contributed by atoms with van der Waals surface area (Å²) in [5.74, 6) is 1.15. The topological polar surface area (TPSA) is 66.1 Å². The molecule has 25 heavy (non-hydrogen) atoms. The van der Waals surface area contributed by atoms with Crippen LogP contribution < -0.4 is 0 Å². The minimum Gasteiger partial charge on any atom is -0.338 e. The van der Waals surface area contributed by atoms with Crippen LogP contribution in [0, 0.1) is 5.92 Å². The number of hydrogen-bond acceptors (Lipinski definition) is 3. The Morgan fingerprint density at radius 1 is 1.16 bits per heavy atom. The van der Waals surface area contributed by atoms with Crippen molar-refractivity contribution < 1.29 is 8.42 Å². The molecule has 1 aliphatic rings. The van der Waals surface area contributed by atoms with Crippen molar-refractivity contribution in [2.75, 3.05) is 13.1 Å². The molecule has 0 bridgehead atoms. The summed E-state index contributed by atoms with van der Waals surface area (Å²) in [5, 5.41) is 0. The number of benzene rings is 2. The van der Waals surface area contributed by atoms with Gasteiger partial charge in [0.25, 0.3) is 0 Å². The zero-order valence-electron chi connectivity index (χ0n) is 14.1. The maximum absolute atomic E-state index is 12.9. The average Bonchev–Trinajstić information content (AvgIpc) is 3.06. The number of hydrogen-bond donors (Lipinski definition) is 1. The van der Waals surface area contributed by atoms with Gasteiger partial charge in [-0.3, -0.25) is 0 Å². The van der Waals surface area contributed by atoms with Gasteiger partial charge < -0.3 is 4.98 Å². The summed E-state index contributed by atoms with van der Waals surface area (Å²) in [6, 6.07) is 15.0. The lowest BCUT2D eigenvalue weighted by molar-refractivity contribution is 0.281. The van der Waals surface area contributed by atoms with Crippen LogP contribution in [-0.4, -0.2) is 35.8 Å². The van der Waals surface area contributed by atoms with Gasteiger partial charge in [-0.2, -0.15) is 4.31 Å². The number of aromatic nitrogens is 2. The average molecular weight is 355 g/mol. The predicted molar refractivity (Wildman–Crippen MR) is 98.7 cm³/mol. The van der Waals surface area contributed by atoms with Crippen LogP contribution in [0.2, 0.25) is 0 Å². The fourth-order valence-electron chi connectivity index (χ4n) is 3.40. The van der Waals surface area contributed by atoms with Crippen molar-refractivity contribution in [3.63, 3.8) is 0 Å². The van der Waals surface area contributed by atoms with Crippen molar-refractivity contribution in [3.8, 4) is 11.4 Å². The molecule has 5 nitrogen and oxygen atoms in total. The highest BCUT2D eigenvalue weighted by atomic mass is 32.2. The highest BCUT2D eigenvalue weighted by Gasteiger charge is 2.28.